The van der Waals surface area contributed by atoms with Gasteiger partial charge < -0.3 is 15.7 Å². The van der Waals surface area contributed by atoms with Gasteiger partial charge in [0.05, 0.1) is 5.52 Å². The molecular formula is C15H14F2N4O2. The van der Waals surface area contributed by atoms with E-state index in [-0.39, 0.29) is 34.4 Å². The molecule has 1 aromatic heterocycles. The fourth-order valence-electron chi connectivity index (χ4n) is 2.89. The molecule has 0 saturated carbocycles. The third-order valence-corrected chi connectivity index (χ3v) is 3.91. The van der Waals surface area contributed by atoms with Crippen molar-refractivity contribution in [2.24, 2.45) is 10.9 Å². The predicted molar refractivity (Wildman–Crippen MR) is 80.2 cm³/mol. The lowest BCUT2D eigenvalue weighted by Crippen LogP contribution is -2.25. The molecule has 3 rings (SSSR count). The molecule has 2 heterocycles. The van der Waals surface area contributed by atoms with Gasteiger partial charge in [0.25, 0.3) is 5.91 Å². The number of aromatic nitrogens is 1. The minimum absolute atomic E-state index is 0.0786. The molecule has 0 unspecified atom stereocenters. The number of nitrogens with two attached hydrogens (primary N) is 1. The Balaban J connectivity index is 2.30. The van der Waals surface area contributed by atoms with Crippen LogP contribution in [0.1, 0.15) is 40.1 Å². The van der Waals surface area contributed by atoms with Crippen LogP contribution in [-0.2, 0) is 6.54 Å². The molecular weight excluding hydrogens is 306 g/mol. The lowest BCUT2D eigenvalue weighted by molar-refractivity contribution is 0.0958. The van der Waals surface area contributed by atoms with E-state index in [1.54, 1.807) is 4.57 Å². The predicted octanol–water partition coefficient (Wildman–Crippen LogP) is 1.92. The molecule has 23 heavy (non-hydrogen) atoms. The van der Waals surface area contributed by atoms with Crippen LogP contribution in [0.4, 0.5) is 8.78 Å². The smallest absolute Gasteiger partial charge is 0.273 e. The van der Waals surface area contributed by atoms with Crippen LogP contribution in [-0.4, -0.2) is 22.6 Å². The molecule has 1 aliphatic rings. The van der Waals surface area contributed by atoms with Gasteiger partial charge in [-0.1, -0.05) is 0 Å². The minimum Gasteiger partial charge on any atom is -0.336 e. The van der Waals surface area contributed by atoms with Gasteiger partial charge in [0, 0.05) is 23.9 Å². The molecule has 1 aliphatic heterocycles. The normalized spacial score (nSPS) is 15.0. The number of ketones is 1. The summed E-state index contributed by atoms with van der Waals surface area (Å²) in [5.41, 5.74) is 0.480. The average Bonchev–Trinajstić information content (AvgIpc) is 2.90. The largest absolute Gasteiger partial charge is 0.336 e. The van der Waals surface area contributed by atoms with Crippen LogP contribution < -0.4 is 11.2 Å². The van der Waals surface area contributed by atoms with Gasteiger partial charge >= 0.3 is 0 Å². The maximum absolute atomic E-state index is 14.1. The second-order valence-electron chi connectivity index (χ2n) is 5.30. The number of hydrogen-bond donors (Lipinski definition) is 2. The maximum Gasteiger partial charge on any atom is 0.273 e. The number of aryl methyl sites for hydroxylation is 1. The highest BCUT2D eigenvalue weighted by atomic mass is 19.2. The lowest BCUT2D eigenvalue weighted by Gasteiger charge is -2.15. The number of carbonyl (C=O) groups is 2. The highest BCUT2D eigenvalue weighted by Crippen LogP contribution is 2.31. The number of amides is 1. The zero-order valence-electron chi connectivity index (χ0n) is 12.1. The summed E-state index contributed by atoms with van der Waals surface area (Å²) in [5.74, 6) is 1.94. The number of halogens is 2. The highest BCUT2D eigenvalue weighted by Gasteiger charge is 2.25. The number of carbonyl (C=O) groups excluding carboxylic acids is 2. The van der Waals surface area contributed by atoms with Crippen LogP contribution in [0.5, 0.6) is 0 Å². The van der Waals surface area contributed by atoms with E-state index in [4.69, 9.17) is 5.84 Å². The van der Waals surface area contributed by atoms with Gasteiger partial charge in [0.1, 0.15) is 12.0 Å². The Morgan fingerprint density at radius 1 is 1.35 bits per heavy atom. The number of hydrazone groups is 1. The van der Waals surface area contributed by atoms with E-state index in [9.17, 15) is 18.4 Å². The van der Waals surface area contributed by atoms with Crippen molar-refractivity contribution in [1.29, 1.82) is 0 Å². The summed E-state index contributed by atoms with van der Waals surface area (Å²) in [6, 6.07) is 2.15. The Morgan fingerprint density at radius 3 is 2.87 bits per heavy atom. The van der Waals surface area contributed by atoms with Crippen LogP contribution in [0.2, 0.25) is 0 Å². The van der Waals surface area contributed by atoms with Crippen molar-refractivity contribution < 1.29 is 18.4 Å². The van der Waals surface area contributed by atoms with Gasteiger partial charge in [-0.2, -0.15) is 5.10 Å². The van der Waals surface area contributed by atoms with Crippen molar-refractivity contribution >= 4 is 28.9 Å². The molecule has 1 amide bonds. The average molecular weight is 320 g/mol. The lowest BCUT2D eigenvalue weighted by atomic mass is 10.0. The molecule has 0 spiro atoms. The topological polar surface area (TPSA) is 89.5 Å². The van der Waals surface area contributed by atoms with Gasteiger partial charge in [0.2, 0.25) is 0 Å². The van der Waals surface area contributed by atoms with Gasteiger partial charge in [-0.25, -0.2) is 8.78 Å². The SMILES string of the molecule is NN=CNC(=O)c1cc2c(F)c(F)cc3c2n1CCCCC3=O. The molecule has 6 nitrogen and oxygen atoms in total. The molecule has 120 valence electrons. The Bertz CT molecular complexity index is 842. The number of benzene rings is 1. The summed E-state index contributed by atoms with van der Waals surface area (Å²) in [4.78, 5) is 24.4. The Morgan fingerprint density at radius 2 is 2.13 bits per heavy atom. The molecule has 8 heteroatoms. The second-order valence-corrected chi connectivity index (χ2v) is 5.30. The van der Waals surface area contributed by atoms with Crippen LogP contribution in [0, 0.1) is 11.6 Å². The zero-order valence-corrected chi connectivity index (χ0v) is 12.1. The fraction of sp³-hybridized carbons (Fsp3) is 0.267. The van der Waals surface area contributed by atoms with Crippen molar-refractivity contribution in [3.8, 4) is 0 Å². The number of nitrogens with one attached hydrogen (secondary N) is 1. The monoisotopic (exact) mass is 320 g/mol. The number of hydrogen-bond acceptors (Lipinski definition) is 4. The standard InChI is InChI=1S/C15H14F2N4O2/c16-10-5-8-12(22)3-1-2-4-21-11(15(23)19-7-20-18)6-9(13(10)17)14(8)21/h5-7H,1-4,18H2,(H,19,20,23). The van der Waals surface area contributed by atoms with Crippen LogP contribution >= 0.6 is 0 Å². The van der Waals surface area contributed by atoms with Gasteiger partial charge in [-0.3, -0.25) is 9.59 Å². The third kappa shape index (κ3) is 2.45. The van der Waals surface area contributed by atoms with Crippen molar-refractivity contribution in [2.75, 3.05) is 0 Å². The molecule has 0 saturated heterocycles. The molecule has 0 aliphatic carbocycles. The van der Waals surface area contributed by atoms with Gasteiger partial charge in [-0.05, 0) is 25.0 Å². The molecule has 1 aromatic carbocycles. The van der Waals surface area contributed by atoms with Crippen LogP contribution in [0.3, 0.4) is 0 Å². The first-order valence-electron chi connectivity index (χ1n) is 7.11. The quantitative estimate of drug-likeness (QED) is 0.383. The number of nitrogens with zero attached hydrogens (tertiary/aromatic N) is 2. The zero-order chi connectivity index (χ0) is 16.6. The Kier molecular flexibility index (Phi) is 3.81. The number of rotatable bonds is 2. The molecule has 2 aromatic rings. The summed E-state index contributed by atoms with van der Waals surface area (Å²) in [6.07, 6.45) is 2.54. The summed E-state index contributed by atoms with van der Waals surface area (Å²) < 4.78 is 29.5. The van der Waals surface area contributed by atoms with E-state index in [2.05, 4.69) is 10.4 Å². The van der Waals surface area contributed by atoms with E-state index in [0.29, 0.717) is 19.4 Å². The molecule has 0 bridgehead atoms. The van der Waals surface area contributed by atoms with Crippen molar-refractivity contribution in [3.05, 3.63) is 35.0 Å². The maximum atomic E-state index is 14.1. The van der Waals surface area contributed by atoms with E-state index in [0.717, 1.165) is 12.4 Å². The van der Waals surface area contributed by atoms with E-state index >= 15 is 0 Å². The van der Waals surface area contributed by atoms with Crippen molar-refractivity contribution in [3.63, 3.8) is 0 Å². The van der Waals surface area contributed by atoms with E-state index < -0.39 is 17.5 Å². The third-order valence-electron chi connectivity index (χ3n) is 3.91. The van der Waals surface area contributed by atoms with Crippen molar-refractivity contribution in [1.82, 2.24) is 9.88 Å². The Labute approximate surface area is 129 Å². The van der Waals surface area contributed by atoms with E-state index in [1.165, 1.54) is 6.07 Å². The minimum atomic E-state index is -1.10. The van der Waals surface area contributed by atoms with Crippen molar-refractivity contribution in [2.45, 2.75) is 25.8 Å². The first-order chi connectivity index (χ1) is 11.0. The van der Waals surface area contributed by atoms with Gasteiger partial charge in [-0.15, -0.1) is 0 Å². The Hall–Kier alpha value is -2.77. The molecule has 0 atom stereocenters. The summed E-state index contributed by atoms with van der Waals surface area (Å²) in [7, 11) is 0. The number of Topliss-reactive ketones (excluding diaryl/α,β-unsaturated/α-hetero) is 1. The summed E-state index contributed by atoms with van der Waals surface area (Å²) in [5, 5.41) is 5.42. The van der Waals surface area contributed by atoms with E-state index in [1.807, 2.05) is 0 Å². The second kappa shape index (κ2) is 5.79. The molecule has 0 fully saturated rings. The molecule has 0 radical (unpaired) electrons. The first-order valence-corrected chi connectivity index (χ1v) is 7.11. The van der Waals surface area contributed by atoms with Crippen LogP contribution in [0.25, 0.3) is 10.9 Å². The first kappa shape index (κ1) is 15.1. The van der Waals surface area contributed by atoms with Gasteiger partial charge in [0.15, 0.2) is 17.4 Å². The van der Waals surface area contributed by atoms with Crippen LogP contribution in [0.15, 0.2) is 17.2 Å². The summed E-state index contributed by atoms with van der Waals surface area (Å²) >= 11 is 0. The summed E-state index contributed by atoms with van der Waals surface area (Å²) in [6.45, 7) is 0.428. The molecule has 3 N–H and O–H groups in total. The highest BCUT2D eigenvalue weighted by molar-refractivity contribution is 6.10. The fourth-order valence-corrected chi connectivity index (χ4v) is 2.89.